The Morgan fingerprint density at radius 1 is 0.943 bits per heavy atom. The molecule has 182 valence electrons. The van der Waals surface area contributed by atoms with Crippen molar-refractivity contribution in [3.63, 3.8) is 0 Å². The van der Waals surface area contributed by atoms with Gasteiger partial charge in [-0.15, -0.1) is 0 Å². The summed E-state index contributed by atoms with van der Waals surface area (Å²) in [5.41, 5.74) is 5.22. The zero-order valence-electron chi connectivity index (χ0n) is 20.2. The average Bonchev–Trinajstić information content (AvgIpc) is 2.86. The number of pyridine rings is 2. The molecule has 0 saturated carbocycles. The molecule has 0 spiro atoms. The maximum absolute atomic E-state index is 12.8. The van der Waals surface area contributed by atoms with Gasteiger partial charge in [-0.1, -0.05) is 30.3 Å². The number of aromatic nitrogens is 2. The number of benzene rings is 1. The van der Waals surface area contributed by atoms with Crippen molar-refractivity contribution in [3.05, 3.63) is 97.3 Å². The fraction of sp³-hybridized carbons (Fsp3) is 0.429. The molecule has 1 N–H and O–H groups in total. The third-order valence-corrected chi connectivity index (χ3v) is 8.16. The summed E-state index contributed by atoms with van der Waals surface area (Å²) in [6.07, 6.45) is 2.09. The van der Waals surface area contributed by atoms with Gasteiger partial charge in [0.2, 0.25) is 5.43 Å². The minimum Gasteiger partial charge on any atom is -0.503 e. The van der Waals surface area contributed by atoms with E-state index in [1.807, 2.05) is 22.2 Å². The molecule has 1 aromatic carbocycles. The van der Waals surface area contributed by atoms with Gasteiger partial charge < -0.3 is 14.2 Å². The molecule has 3 aliphatic heterocycles. The van der Waals surface area contributed by atoms with Gasteiger partial charge in [-0.2, -0.15) is 0 Å². The second-order valence-corrected chi connectivity index (χ2v) is 10.5. The van der Waals surface area contributed by atoms with Gasteiger partial charge in [-0.25, -0.2) is 0 Å². The van der Waals surface area contributed by atoms with E-state index >= 15 is 0 Å². The second-order valence-electron chi connectivity index (χ2n) is 10.5. The van der Waals surface area contributed by atoms with Crippen LogP contribution >= 0.6 is 0 Å². The summed E-state index contributed by atoms with van der Waals surface area (Å²) in [6, 6.07) is 15.7. The van der Waals surface area contributed by atoms with Crippen LogP contribution in [0.5, 0.6) is 5.75 Å². The monoisotopic (exact) mass is 472 g/mol. The number of hydrogen-bond donors (Lipinski definition) is 1. The van der Waals surface area contributed by atoms with Crippen molar-refractivity contribution < 1.29 is 5.11 Å². The predicted octanol–water partition coefficient (Wildman–Crippen LogP) is 2.43. The van der Waals surface area contributed by atoms with Gasteiger partial charge in [-0.05, 0) is 36.0 Å². The number of likely N-dealkylation sites (tertiary alicyclic amines) is 1. The SMILES string of the molecule is Cn1c(CN2CC3CC(C2)c2cccc(=O)n2C3)cc(=O)c(O)c1CN1CCc2ccccc2C1. The molecule has 6 rings (SSSR count). The average molecular weight is 473 g/mol. The fourth-order valence-corrected chi connectivity index (χ4v) is 6.38. The fourth-order valence-electron chi connectivity index (χ4n) is 6.38. The Balaban J connectivity index is 1.23. The summed E-state index contributed by atoms with van der Waals surface area (Å²) in [6.45, 7) is 5.47. The lowest BCUT2D eigenvalue weighted by Gasteiger charge is -2.43. The normalized spacial score (nSPS) is 22.0. The summed E-state index contributed by atoms with van der Waals surface area (Å²) in [4.78, 5) is 29.8. The third-order valence-electron chi connectivity index (χ3n) is 8.16. The van der Waals surface area contributed by atoms with E-state index < -0.39 is 0 Å². The number of nitrogens with zero attached hydrogens (tertiary/aromatic N) is 4. The van der Waals surface area contributed by atoms with E-state index in [4.69, 9.17) is 0 Å². The Labute approximate surface area is 204 Å². The smallest absolute Gasteiger partial charge is 0.250 e. The van der Waals surface area contributed by atoms with Crippen LogP contribution in [0.3, 0.4) is 0 Å². The van der Waals surface area contributed by atoms with Gasteiger partial charge in [0.05, 0.1) is 5.69 Å². The molecule has 3 aromatic rings. The first-order valence-electron chi connectivity index (χ1n) is 12.6. The summed E-state index contributed by atoms with van der Waals surface area (Å²) in [5.74, 6) is 0.626. The Morgan fingerprint density at radius 3 is 2.63 bits per heavy atom. The van der Waals surface area contributed by atoms with E-state index in [1.165, 1.54) is 11.1 Å². The molecule has 2 unspecified atom stereocenters. The number of rotatable bonds is 4. The molecule has 2 atom stereocenters. The molecular weight excluding hydrogens is 440 g/mol. The van der Waals surface area contributed by atoms with Crippen LogP contribution in [0.15, 0.2) is 58.1 Å². The van der Waals surface area contributed by atoms with Crippen LogP contribution in [0.25, 0.3) is 0 Å². The minimum atomic E-state index is -0.306. The Morgan fingerprint density at radius 2 is 1.77 bits per heavy atom. The maximum atomic E-state index is 12.8. The van der Waals surface area contributed by atoms with Crippen LogP contribution in [0.4, 0.5) is 0 Å². The summed E-state index contributed by atoms with van der Waals surface area (Å²) in [5, 5.41) is 10.7. The second kappa shape index (κ2) is 8.81. The van der Waals surface area contributed by atoms with Gasteiger partial charge in [-0.3, -0.25) is 19.4 Å². The molecule has 1 saturated heterocycles. The summed E-state index contributed by atoms with van der Waals surface area (Å²) < 4.78 is 3.96. The highest BCUT2D eigenvalue weighted by atomic mass is 16.3. The van der Waals surface area contributed by atoms with Gasteiger partial charge in [0, 0.05) is 82.3 Å². The molecule has 2 aromatic heterocycles. The van der Waals surface area contributed by atoms with E-state index in [0.29, 0.717) is 30.6 Å². The molecule has 7 heteroatoms. The Kier molecular flexibility index (Phi) is 5.61. The van der Waals surface area contributed by atoms with Crippen molar-refractivity contribution in [2.75, 3.05) is 19.6 Å². The van der Waals surface area contributed by atoms with Gasteiger partial charge >= 0.3 is 0 Å². The highest BCUT2D eigenvalue weighted by molar-refractivity contribution is 5.32. The van der Waals surface area contributed by atoms with Crippen molar-refractivity contribution in [2.24, 2.45) is 13.0 Å². The Bertz CT molecular complexity index is 1390. The lowest BCUT2D eigenvalue weighted by molar-refractivity contribution is 0.112. The third kappa shape index (κ3) is 4.13. The first-order chi connectivity index (χ1) is 17.0. The van der Waals surface area contributed by atoms with Crippen LogP contribution in [0.1, 0.15) is 40.5 Å². The zero-order chi connectivity index (χ0) is 24.1. The molecule has 0 amide bonds. The Hall–Kier alpha value is -3.16. The highest BCUT2D eigenvalue weighted by Gasteiger charge is 2.34. The van der Waals surface area contributed by atoms with E-state index in [1.54, 1.807) is 12.1 Å². The first kappa shape index (κ1) is 22.3. The molecule has 3 aliphatic rings. The summed E-state index contributed by atoms with van der Waals surface area (Å²) >= 11 is 0. The van der Waals surface area contributed by atoms with E-state index in [2.05, 4.69) is 40.1 Å². The van der Waals surface area contributed by atoms with Crippen LogP contribution in [-0.4, -0.2) is 43.7 Å². The molecule has 0 radical (unpaired) electrons. The minimum absolute atomic E-state index is 0.0940. The molecule has 7 nitrogen and oxygen atoms in total. The van der Waals surface area contributed by atoms with Crippen molar-refractivity contribution in [2.45, 2.75) is 44.9 Å². The number of fused-ring (bicyclic) bond motifs is 5. The van der Waals surface area contributed by atoms with Gasteiger partial charge in [0.25, 0.3) is 5.56 Å². The topological polar surface area (TPSA) is 70.7 Å². The molecule has 1 fully saturated rings. The first-order valence-corrected chi connectivity index (χ1v) is 12.6. The van der Waals surface area contributed by atoms with Crippen LogP contribution in [-0.2, 0) is 39.6 Å². The lowest BCUT2D eigenvalue weighted by Crippen LogP contribution is -2.47. The molecule has 35 heavy (non-hydrogen) atoms. The van der Waals surface area contributed by atoms with Crippen molar-refractivity contribution >= 4 is 0 Å². The number of piperidine rings is 1. The van der Waals surface area contributed by atoms with Crippen molar-refractivity contribution in [1.82, 2.24) is 18.9 Å². The molecule has 5 heterocycles. The van der Waals surface area contributed by atoms with Gasteiger partial charge in [0.1, 0.15) is 0 Å². The lowest BCUT2D eigenvalue weighted by atomic mass is 9.83. The quantitative estimate of drug-likeness (QED) is 0.632. The number of aromatic hydroxyl groups is 1. The van der Waals surface area contributed by atoms with E-state index in [-0.39, 0.29) is 16.7 Å². The predicted molar refractivity (Wildman–Crippen MR) is 134 cm³/mol. The zero-order valence-corrected chi connectivity index (χ0v) is 20.2. The van der Waals surface area contributed by atoms with Crippen molar-refractivity contribution in [1.29, 1.82) is 0 Å². The highest BCUT2D eigenvalue weighted by Crippen LogP contribution is 2.35. The van der Waals surface area contributed by atoms with E-state index in [9.17, 15) is 14.7 Å². The summed E-state index contributed by atoms with van der Waals surface area (Å²) in [7, 11) is 1.96. The van der Waals surface area contributed by atoms with Crippen molar-refractivity contribution in [3.8, 4) is 5.75 Å². The van der Waals surface area contributed by atoms with Crippen LogP contribution in [0.2, 0.25) is 0 Å². The molecule has 2 bridgehead atoms. The van der Waals surface area contributed by atoms with Gasteiger partial charge in [0.15, 0.2) is 5.75 Å². The van der Waals surface area contributed by atoms with Crippen LogP contribution in [0, 0.1) is 5.92 Å². The van der Waals surface area contributed by atoms with Crippen LogP contribution < -0.4 is 11.0 Å². The largest absolute Gasteiger partial charge is 0.503 e. The molecular formula is C28H32N4O3. The maximum Gasteiger partial charge on any atom is 0.250 e. The number of hydrogen-bond acceptors (Lipinski definition) is 5. The van der Waals surface area contributed by atoms with E-state index in [0.717, 1.165) is 57.0 Å². The molecule has 0 aliphatic carbocycles. The standard InChI is InChI=1S/C28H32N4O3/c1-29-23(17-31-13-19-11-22(16-31)24-7-4-8-27(34)32(24)14-19)12-26(33)28(35)25(29)18-30-10-9-20-5-2-3-6-21(20)15-30/h2-8,12,19,22,35H,9-11,13-18H2,1H3.